The molecule has 33 heavy (non-hydrogen) atoms. The number of nitrogens with zero attached hydrogens (tertiary/aromatic N) is 4. The highest BCUT2D eigenvalue weighted by Gasteiger charge is 2.41. The van der Waals surface area contributed by atoms with Crippen molar-refractivity contribution in [1.29, 1.82) is 0 Å². The lowest BCUT2D eigenvalue weighted by molar-refractivity contribution is -0.133. The van der Waals surface area contributed by atoms with Crippen LogP contribution in [0, 0.1) is 5.92 Å². The maximum Gasteiger partial charge on any atom is 0.253 e. The summed E-state index contributed by atoms with van der Waals surface area (Å²) in [4.78, 5) is 47.7. The van der Waals surface area contributed by atoms with Crippen LogP contribution in [0.5, 0.6) is 0 Å². The van der Waals surface area contributed by atoms with E-state index in [4.69, 9.17) is 0 Å². The van der Waals surface area contributed by atoms with Crippen molar-refractivity contribution in [1.82, 2.24) is 9.80 Å². The molecule has 4 aliphatic rings. The van der Waals surface area contributed by atoms with E-state index in [1.165, 1.54) is 6.42 Å². The average Bonchev–Trinajstić information content (AvgIpc) is 2.86. The van der Waals surface area contributed by atoms with Gasteiger partial charge in [0.2, 0.25) is 11.8 Å². The lowest BCUT2D eigenvalue weighted by Crippen LogP contribution is -2.57. The van der Waals surface area contributed by atoms with E-state index < -0.39 is 0 Å². The van der Waals surface area contributed by atoms with Gasteiger partial charge in [-0.1, -0.05) is 6.92 Å². The average molecular weight is 453 g/mol. The van der Waals surface area contributed by atoms with Crippen LogP contribution >= 0.6 is 0 Å². The zero-order chi connectivity index (χ0) is 22.9. The Labute approximate surface area is 196 Å². The zero-order valence-electron chi connectivity index (χ0n) is 19.8. The van der Waals surface area contributed by atoms with Gasteiger partial charge in [0, 0.05) is 38.3 Å². The number of hydrogen-bond acceptors (Lipinski definition) is 4. The molecule has 7 nitrogen and oxygen atoms in total. The van der Waals surface area contributed by atoms with Gasteiger partial charge < -0.3 is 14.7 Å². The van der Waals surface area contributed by atoms with E-state index >= 15 is 0 Å². The Morgan fingerprint density at radius 3 is 2.33 bits per heavy atom. The van der Waals surface area contributed by atoms with Gasteiger partial charge in [0.15, 0.2) is 0 Å². The summed E-state index contributed by atoms with van der Waals surface area (Å²) in [6.45, 7) is 6.23. The van der Waals surface area contributed by atoms with Crippen molar-refractivity contribution in [3.63, 3.8) is 0 Å². The van der Waals surface area contributed by atoms with Gasteiger partial charge in [-0.25, -0.2) is 0 Å². The third-order valence-corrected chi connectivity index (χ3v) is 7.95. The second kappa shape index (κ2) is 9.35. The van der Waals surface area contributed by atoms with Crippen LogP contribution in [-0.2, 0) is 9.59 Å². The maximum atomic E-state index is 13.6. The molecule has 1 aromatic carbocycles. The topological polar surface area (TPSA) is 64.2 Å². The van der Waals surface area contributed by atoms with Gasteiger partial charge in [-0.2, -0.15) is 0 Å². The quantitative estimate of drug-likeness (QED) is 0.706. The fraction of sp³-hybridized carbons (Fsp3) is 0.654. The molecule has 0 aromatic heterocycles. The minimum absolute atomic E-state index is 0.00324. The van der Waals surface area contributed by atoms with Gasteiger partial charge in [-0.05, 0) is 75.5 Å². The molecule has 1 unspecified atom stereocenters. The first kappa shape index (κ1) is 22.2. The summed E-state index contributed by atoms with van der Waals surface area (Å²) >= 11 is 0. The largest absolute Gasteiger partial charge is 0.358 e. The maximum absolute atomic E-state index is 13.6. The third kappa shape index (κ3) is 4.34. The van der Waals surface area contributed by atoms with Crippen molar-refractivity contribution in [2.75, 3.05) is 49.1 Å². The van der Waals surface area contributed by atoms with E-state index in [1.807, 2.05) is 28.0 Å². The van der Waals surface area contributed by atoms with Crippen molar-refractivity contribution in [3.8, 4) is 0 Å². The first-order valence-corrected chi connectivity index (χ1v) is 12.8. The normalized spacial score (nSPS) is 23.9. The SMILES string of the molecule is CC1CCN(C(=O)CN2C(=O)C3CCCCN3c3ccc(C(=O)N4CCCCC4)cc32)CC1. The van der Waals surface area contributed by atoms with Gasteiger partial charge in [-0.15, -0.1) is 0 Å². The van der Waals surface area contributed by atoms with Gasteiger partial charge in [0.25, 0.3) is 5.91 Å². The number of hydrogen-bond donors (Lipinski definition) is 0. The van der Waals surface area contributed by atoms with E-state index in [1.54, 1.807) is 4.90 Å². The molecule has 7 heteroatoms. The molecule has 3 amide bonds. The number of benzene rings is 1. The summed E-state index contributed by atoms with van der Waals surface area (Å²) in [6, 6.07) is 5.56. The number of carbonyl (C=O) groups is 3. The summed E-state index contributed by atoms with van der Waals surface area (Å²) in [5.74, 6) is 0.689. The van der Waals surface area contributed by atoms with Crippen LogP contribution < -0.4 is 9.80 Å². The molecule has 3 saturated heterocycles. The first-order chi connectivity index (χ1) is 16.0. The number of piperidine rings is 3. The van der Waals surface area contributed by atoms with E-state index in [0.717, 1.165) is 89.0 Å². The number of anilines is 2. The summed E-state index contributed by atoms with van der Waals surface area (Å²) in [7, 11) is 0. The molecule has 0 spiro atoms. The smallest absolute Gasteiger partial charge is 0.253 e. The monoisotopic (exact) mass is 452 g/mol. The Kier molecular flexibility index (Phi) is 6.30. The first-order valence-electron chi connectivity index (χ1n) is 12.8. The van der Waals surface area contributed by atoms with Crippen molar-refractivity contribution in [3.05, 3.63) is 23.8 Å². The van der Waals surface area contributed by atoms with Crippen molar-refractivity contribution < 1.29 is 14.4 Å². The molecule has 1 atom stereocenters. The number of rotatable bonds is 3. The van der Waals surface area contributed by atoms with Gasteiger partial charge >= 0.3 is 0 Å². The van der Waals surface area contributed by atoms with E-state index in [-0.39, 0.29) is 30.3 Å². The summed E-state index contributed by atoms with van der Waals surface area (Å²) in [5, 5.41) is 0. The highest BCUT2D eigenvalue weighted by atomic mass is 16.2. The highest BCUT2D eigenvalue weighted by molar-refractivity contribution is 6.09. The van der Waals surface area contributed by atoms with Crippen molar-refractivity contribution >= 4 is 29.1 Å². The summed E-state index contributed by atoms with van der Waals surface area (Å²) < 4.78 is 0. The number of amides is 3. The highest BCUT2D eigenvalue weighted by Crippen LogP contribution is 2.40. The third-order valence-electron chi connectivity index (χ3n) is 7.95. The predicted octanol–water partition coefficient (Wildman–Crippen LogP) is 3.28. The molecule has 0 aliphatic carbocycles. The van der Waals surface area contributed by atoms with Crippen LogP contribution in [0.3, 0.4) is 0 Å². The van der Waals surface area contributed by atoms with Crippen molar-refractivity contribution in [2.45, 2.75) is 64.3 Å². The zero-order valence-corrected chi connectivity index (χ0v) is 19.8. The molecular weight excluding hydrogens is 416 g/mol. The number of likely N-dealkylation sites (tertiary alicyclic amines) is 2. The molecule has 4 aliphatic heterocycles. The van der Waals surface area contributed by atoms with Crippen LogP contribution in [0.15, 0.2) is 18.2 Å². The van der Waals surface area contributed by atoms with Crippen LogP contribution in [0.4, 0.5) is 11.4 Å². The van der Waals surface area contributed by atoms with E-state index in [2.05, 4.69) is 11.8 Å². The standard InChI is InChI=1S/C26H36N4O3/c1-19-10-15-27(16-11-19)24(31)18-30-23-17-20(25(32)28-12-4-2-5-13-28)8-9-21(23)29-14-6-3-7-22(29)26(30)33/h8-9,17,19,22H,2-7,10-16,18H2,1H3. The molecule has 5 rings (SSSR count). The second-order valence-electron chi connectivity index (χ2n) is 10.2. The Balaban J connectivity index is 1.44. The van der Waals surface area contributed by atoms with Gasteiger partial charge in [0.05, 0.1) is 11.4 Å². The van der Waals surface area contributed by atoms with E-state index in [9.17, 15) is 14.4 Å². The number of fused-ring (bicyclic) bond motifs is 3. The summed E-state index contributed by atoms with van der Waals surface area (Å²) in [5.41, 5.74) is 2.32. The Morgan fingerprint density at radius 1 is 0.848 bits per heavy atom. The summed E-state index contributed by atoms with van der Waals surface area (Å²) in [6.07, 6.45) is 8.19. The molecule has 1 aromatic rings. The molecule has 4 heterocycles. The lowest BCUT2D eigenvalue weighted by atomic mass is 9.95. The molecule has 0 radical (unpaired) electrons. The van der Waals surface area contributed by atoms with Crippen LogP contribution in [0.2, 0.25) is 0 Å². The Morgan fingerprint density at radius 2 is 1.58 bits per heavy atom. The second-order valence-corrected chi connectivity index (χ2v) is 10.2. The molecule has 0 bridgehead atoms. The fourth-order valence-electron chi connectivity index (χ4n) is 5.83. The van der Waals surface area contributed by atoms with Crippen molar-refractivity contribution in [2.24, 2.45) is 5.92 Å². The molecule has 3 fully saturated rings. The Bertz CT molecular complexity index is 918. The van der Waals surface area contributed by atoms with Gasteiger partial charge in [0.1, 0.15) is 12.6 Å². The molecule has 0 N–H and O–H groups in total. The molecular formula is C26H36N4O3. The van der Waals surface area contributed by atoms with Crippen LogP contribution in [0.25, 0.3) is 0 Å². The van der Waals surface area contributed by atoms with E-state index in [0.29, 0.717) is 11.5 Å². The molecule has 178 valence electrons. The molecule has 0 saturated carbocycles. The van der Waals surface area contributed by atoms with Gasteiger partial charge in [-0.3, -0.25) is 19.3 Å². The predicted molar refractivity (Wildman–Crippen MR) is 129 cm³/mol. The van der Waals surface area contributed by atoms with Crippen LogP contribution in [0.1, 0.15) is 68.6 Å². The number of carbonyl (C=O) groups excluding carboxylic acids is 3. The minimum atomic E-state index is -0.205. The fourth-order valence-corrected chi connectivity index (χ4v) is 5.83. The van der Waals surface area contributed by atoms with Crippen LogP contribution in [-0.4, -0.2) is 72.8 Å². The minimum Gasteiger partial charge on any atom is -0.358 e. The Hall–Kier alpha value is -2.57. The lowest BCUT2D eigenvalue weighted by Gasteiger charge is -2.45.